The van der Waals surface area contributed by atoms with E-state index in [9.17, 15) is 8.42 Å². The van der Waals surface area contributed by atoms with Gasteiger partial charge < -0.3 is 4.42 Å². The second kappa shape index (κ2) is 6.70. The van der Waals surface area contributed by atoms with E-state index in [1.165, 1.54) is 4.31 Å². The molecule has 120 valence electrons. The van der Waals surface area contributed by atoms with Gasteiger partial charge in [-0.1, -0.05) is 23.8 Å². The monoisotopic (exact) mass is 347 g/mol. The summed E-state index contributed by atoms with van der Waals surface area (Å²) in [5.41, 5.74) is 1.03. The summed E-state index contributed by atoms with van der Waals surface area (Å²) in [6, 6.07) is 14.3. The fraction of sp³-hybridized carbons (Fsp3) is 0.176. The third-order valence-corrected chi connectivity index (χ3v) is 6.15. The molecular formula is C17H17NO3S2. The molecule has 0 aliphatic rings. The molecule has 0 aliphatic heterocycles. The Morgan fingerprint density at radius 1 is 1.04 bits per heavy atom. The molecule has 3 rings (SSSR count). The second-order valence-electron chi connectivity index (χ2n) is 5.24. The standard InChI is InChI=1S/C17H17NO3S2/c1-14-6-8-17(9-7-14)23(19,20)18(12-15-4-2-10-21-15)13-16-5-3-11-22-16/h2-11H,12-13H2,1H3. The minimum atomic E-state index is -3.59. The molecular weight excluding hydrogens is 330 g/mol. The van der Waals surface area contributed by atoms with Crippen LogP contribution in [0.1, 0.15) is 16.2 Å². The Hall–Kier alpha value is -1.89. The van der Waals surface area contributed by atoms with Crippen molar-refractivity contribution in [3.05, 3.63) is 76.4 Å². The Balaban J connectivity index is 1.93. The second-order valence-corrected chi connectivity index (χ2v) is 8.22. The molecule has 0 amide bonds. The van der Waals surface area contributed by atoms with Crippen LogP contribution in [0.5, 0.6) is 0 Å². The van der Waals surface area contributed by atoms with Gasteiger partial charge in [-0.2, -0.15) is 4.31 Å². The maximum absolute atomic E-state index is 13.0. The molecule has 0 radical (unpaired) electrons. The van der Waals surface area contributed by atoms with Gasteiger partial charge in [-0.25, -0.2) is 8.42 Å². The minimum Gasteiger partial charge on any atom is -0.468 e. The van der Waals surface area contributed by atoms with Gasteiger partial charge in [0, 0.05) is 11.4 Å². The van der Waals surface area contributed by atoms with Crippen LogP contribution in [-0.2, 0) is 23.1 Å². The molecule has 0 fully saturated rings. The van der Waals surface area contributed by atoms with E-state index in [-0.39, 0.29) is 6.54 Å². The molecule has 0 atom stereocenters. The number of hydrogen-bond donors (Lipinski definition) is 0. The van der Waals surface area contributed by atoms with Crippen LogP contribution in [0, 0.1) is 6.92 Å². The highest BCUT2D eigenvalue weighted by molar-refractivity contribution is 7.89. The average Bonchev–Trinajstić information content (AvgIpc) is 3.20. The molecule has 1 aromatic carbocycles. The maximum atomic E-state index is 13.0. The predicted molar refractivity (Wildman–Crippen MR) is 90.6 cm³/mol. The largest absolute Gasteiger partial charge is 0.468 e. The Morgan fingerprint density at radius 3 is 2.43 bits per heavy atom. The van der Waals surface area contributed by atoms with E-state index >= 15 is 0 Å². The van der Waals surface area contributed by atoms with Gasteiger partial charge in [0.05, 0.1) is 17.7 Å². The summed E-state index contributed by atoms with van der Waals surface area (Å²) in [4.78, 5) is 1.29. The van der Waals surface area contributed by atoms with E-state index in [0.717, 1.165) is 10.4 Å². The Bertz CT molecular complexity index is 800. The third kappa shape index (κ3) is 3.72. The molecule has 0 aliphatic carbocycles. The van der Waals surface area contributed by atoms with Crippen molar-refractivity contribution in [1.29, 1.82) is 0 Å². The highest BCUT2D eigenvalue weighted by Gasteiger charge is 2.26. The van der Waals surface area contributed by atoms with Gasteiger partial charge in [-0.15, -0.1) is 11.3 Å². The topological polar surface area (TPSA) is 50.5 Å². The van der Waals surface area contributed by atoms with Crippen LogP contribution in [-0.4, -0.2) is 12.7 Å². The van der Waals surface area contributed by atoms with E-state index in [1.54, 1.807) is 41.9 Å². The van der Waals surface area contributed by atoms with Crippen LogP contribution >= 0.6 is 11.3 Å². The molecule has 0 spiro atoms. The number of sulfonamides is 1. The first-order chi connectivity index (χ1) is 11.1. The molecule has 0 saturated heterocycles. The minimum absolute atomic E-state index is 0.209. The first-order valence-electron chi connectivity index (χ1n) is 7.17. The fourth-order valence-electron chi connectivity index (χ4n) is 2.24. The van der Waals surface area contributed by atoms with Gasteiger partial charge in [0.15, 0.2) is 0 Å². The summed E-state index contributed by atoms with van der Waals surface area (Å²) in [6.45, 7) is 2.47. The Kier molecular flexibility index (Phi) is 4.66. The highest BCUT2D eigenvalue weighted by atomic mass is 32.2. The van der Waals surface area contributed by atoms with E-state index in [0.29, 0.717) is 17.2 Å². The average molecular weight is 347 g/mol. The van der Waals surface area contributed by atoms with Crippen LogP contribution in [0.15, 0.2) is 69.5 Å². The van der Waals surface area contributed by atoms with Crippen molar-refractivity contribution in [1.82, 2.24) is 4.31 Å². The Labute approximate surface area is 140 Å². The number of nitrogens with zero attached hydrogens (tertiary/aromatic N) is 1. The smallest absolute Gasteiger partial charge is 0.243 e. The van der Waals surface area contributed by atoms with Crippen LogP contribution < -0.4 is 0 Å². The zero-order valence-electron chi connectivity index (χ0n) is 12.7. The van der Waals surface area contributed by atoms with E-state index in [2.05, 4.69) is 0 Å². The van der Waals surface area contributed by atoms with E-state index < -0.39 is 10.0 Å². The lowest BCUT2D eigenvalue weighted by Crippen LogP contribution is -2.29. The molecule has 6 heteroatoms. The summed E-state index contributed by atoms with van der Waals surface area (Å²) >= 11 is 1.54. The van der Waals surface area contributed by atoms with Gasteiger partial charge in [0.2, 0.25) is 10.0 Å². The fourth-order valence-corrected chi connectivity index (χ4v) is 4.42. The number of rotatable bonds is 6. The molecule has 2 heterocycles. The molecule has 4 nitrogen and oxygen atoms in total. The summed E-state index contributed by atoms with van der Waals surface area (Å²) in [5, 5.41) is 1.94. The van der Waals surface area contributed by atoms with Crippen LogP contribution in [0.25, 0.3) is 0 Å². The quantitative estimate of drug-likeness (QED) is 0.676. The number of thiophene rings is 1. The van der Waals surface area contributed by atoms with Crippen molar-refractivity contribution < 1.29 is 12.8 Å². The maximum Gasteiger partial charge on any atom is 0.243 e. The van der Waals surface area contributed by atoms with Crippen molar-refractivity contribution in [2.75, 3.05) is 0 Å². The molecule has 0 unspecified atom stereocenters. The number of aryl methyl sites for hydroxylation is 1. The zero-order valence-corrected chi connectivity index (χ0v) is 14.3. The summed E-state index contributed by atoms with van der Waals surface area (Å²) in [7, 11) is -3.59. The number of furan rings is 1. The lowest BCUT2D eigenvalue weighted by molar-refractivity contribution is 0.360. The van der Waals surface area contributed by atoms with Gasteiger partial charge in [0.25, 0.3) is 0 Å². The first-order valence-corrected chi connectivity index (χ1v) is 9.49. The predicted octanol–water partition coefficient (Wildman–Crippen LogP) is 4.04. The molecule has 3 aromatic rings. The summed E-state index contributed by atoms with van der Waals surface area (Å²) < 4.78 is 32.7. The van der Waals surface area contributed by atoms with Gasteiger partial charge in [-0.05, 0) is 42.6 Å². The van der Waals surface area contributed by atoms with Crippen LogP contribution in [0.2, 0.25) is 0 Å². The normalized spacial score (nSPS) is 11.9. The molecule has 0 N–H and O–H groups in total. The van der Waals surface area contributed by atoms with Crippen molar-refractivity contribution in [2.45, 2.75) is 24.9 Å². The van der Waals surface area contributed by atoms with Crippen molar-refractivity contribution >= 4 is 21.4 Å². The molecule has 0 saturated carbocycles. The molecule has 0 bridgehead atoms. The van der Waals surface area contributed by atoms with Crippen LogP contribution in [0.3, 0.4) is 0 Å². The molecule has 23 heavy (non-hydrogen) atoms. The van der Waals surface area contributed by atoms with Gasteiger partial charge in [0.1, 0.15) is 5.76 Å². The van der Waals surface area contributed by atoms with Crippen molar-refractivity contribution in [3.63, 3.8) is 0 Å². The van der Waals surface area contributed by atoms with Crippen molar-refractivity contribution in [2.24, 2.45) is 0 Å². The Morgan fingerprint density at radius 2 is 1.83 bits per heavy atom. The summed E-state index contributed by atoms with van der Waals surface area (Å²) in [5.74, 6) is 0.622. The van der Waals surface area contributed by atoms with Crippen molar-refractivity contribution in [3.8, 4) is 0 Å². The SMILES string of the molecule is Cc1ccc(S(=O)(=O)N(Cc2ccco2)Cc2cccs2)cc1. The first kappa shape index (κ1) is 16.0. The molecule has 2 aromatic heterocycles. The lowest BCUT2D eigenvalue weighted by Gasteiger charge is -2.20. The third-order valence-electron chi connectivity index (χ3n) is 3.48. The van der Waals surface area contributed by atoms with Gasteiger partial charge in [-0.3, -0.25) is 0 Å². The summed E-state index contributed by atoms with van der Waals surface area (Å²) in [6.07, 6.45) is 1.55. The number of benzene rings is 1. The highest BCUT2D eigenvalue weighted by Crippen LogP contribution is 2.23. The van der Waals surface area contributed by atoms with Gasteiger partial charge >= 0.3 is 0 Å². The van der Waals surface area contributed by atoms with E-state index in [1.807, 2.05) is 36.6 Å². The number of hydrogen-bond acceptors (Lipinski definition) is 4. The van der Waals surface area contributed by atoms with Crippen LogP contribution in [0.4, 0.5) is 0 Å². The lowest BCUT2D eigenvalue weighted by atomic mass is 10.2. The van der Waals surface area contributed by atoms with E-state index in [4.69, 9.17) is 4.42 Å². The zero-order chi connectivity index (χ0) is 16.3.